The Balaban J connectivity index is 0.00000196. The van der Waals surface area contributed by atoms with Gasteiger partial charge in [-0.05, 0) is 12.8 Å². The summed E-state index contributed by atoms with van der Waals surface area (Å²) < 4.78 is 3.96. The fourth-order valence-electron chi connectivity index (χ4n) is 1.24. The maximum Gasteiger partial charge on any atom is 0.284 e. The molecule has 0 aliphatic carbocycles. The maximum absolute atomic E-state index is 5.50. The average molecular weight is 277 g/mol. The Morgan fingerprint density at radius 1 is 1.20 bits per heavy atom. The van der Waals surface area contributed by atoms with Gasteiger partial charge in [-0.25, -0.2) is 4.57 Å². The SMILES string of the molecule is CCCCOn1cc[n+](CCCC)c1.[Br-]. The quantitative estimate of drug-likeness (QED) is 0.453. The summed E-state index contributed by atoms with van der Waals surface area (Å²) in [5, 5.41) is 0. The first-order chi connectivity index (χ1) is 6.86. The summed E-state index contributed by atoms with van der Waals surface area (Å²) in [6.07, 6.45) is 10.8. The molecule has 4 heteroatoms. The van der Waals surface area contributed by atoms with Crippen LogP contribution in [0.25, 0.3) is 0 Å². The summed E-state index contributed by atoms with van der Waals surface area (Å²) in [5.41, 5.74) is 0. The molecule has 1 rings (SSSR count). The van der Waals surface area contributed by atoms with Gasteiger partial charge in [-0.1, -0.05) is 31.4 Å². The fraction of sp³-hybridized carbons (Fsp3) is 0.727. The van der Waals surface area contributed by atoms with Crippen molar-refractivity contribution in [3.63, 3.8) is 0 Å². The first-order valence-corrected chi connectivity index (χ1v) is 5.57. The molecule has 0 unspecified atom stereocenters. The van der Waals surface area contributed by atoms with E-state index in [0.717, 1.165) is 19.6 Å². The predicted molar refractivity (Wildman–Crippen MR) is 55.9 cm³/mol. The number of nitrogens with zero attached hydrogens (tertiary/aromatic N) is 2. The highest BCUT2D eigenvalue weighted by molar-refractivity contribution is 4.60. The average Bonchev–Trinajstić information content (AvgIpc) is 2.63. The van der Waals surface area contributed by atoms with E-state index in [1.165, 1.54) is 19.3 Å². The van der Waals surface area contributed by atoms with Crippen LogP contribution in [0.4, 0.5) is 0 Å². The molecule has 0 amide bonds. The van der Waals surface area contributed by atoms with Crippen molar-refractivity contribution >= 4 is 0 Å². The third-order valence-electron chi connectivity index (χ3n) is 2.18. The lowest BCUT2D eigenvalue weighted by Gasteiger charge is -1.97. The highest BCUT2D eigenvalue weighted by atomic mass is 79.9. The molecule has 0 aliphatic heterocycles. The highest BCUT2D eigenvalue weighted by Gasteiger charge is 2.02. The van der Waals surface area contributed by atoms with Crippen LogP contribution in [0.3, 0.4) is 0 Å². The largest absolute Gasteiger partial charge is 1.00 e. The van der Waals surface area contributed by atoms with Crippen LogP contribution in [0.1, 0.15) is 39.5 Å². The van der Waals surface area contributed by atoms with Crippen molar-refractivity contribution in [2.24, 2.45) is 0 Å². The lowest BCUT2D eigenvalue weighted by atomic mass is 10.3. The van der Waals surface area contributed by atoms with Gasteiger partial charge < -0.3 is 21.8 Å². The number of halogens is 1. The molecule has 15 heavy (non-hydrogen) atoms. The molecule has 0 saturated heterocycles. The molecule has 0 fully saturated rings. The van der Waals surface area contributed by atoms with E-state index in [1.807, 2.05) is 12.5 Å². The second kappa shape index (κ2) is 8.77. The van der Waals surface area contributed by atoms with Gasteiger partial charge in [0.1, 0.15) is 12.8 Å². The summed E-state index contributed by atoms with van der Waals surface area (Å²) >= 11 is 0. The van der Waals surface area contributed by atoms with Gasteiger partial charge in [-0.15, -0.1) is 0 Å². The second-order valence-corrected chi connectivity index (χ2v) is 3.55. The van der Waals surface area contributed by atoms with Gasteiger partial charge in [0.25, 0.3) is 6.33 Å². The Hall–Kier alpha value is -0.510. The van der Waals surface area contributed by atoms with Crippen molar-refractivity contribution in [1.82, 2.24) is 4.73 Å². The molecule has 0 spiro atoms. The van der Waals surface area contributed by atoms with Crippen LogP contribution in [0.2, 0.25) is 0 Å². The predicted octanol–water partition coefficient (Wildman–Crippen LogP) is -1.19. The lowest BCUT2D eigenvalue weighted by molar-refractivity contribution is -0.697. The number of hydrogen-bond donors (Lipinski definition) is 0. The molecular weight excluding hydrogens is 256 g/mol. The summed E-state index contributed by atoms with van der Waals surface area (Å²) in [6.45, 7) is 6.26. The van der Waals surface area contributed by atoms with E-state index in [4.69, 9.17) is 4.84 Å². The van der Waals surface area contributed by atoms with Crippen molar-refractivity contribution in [3.05, 3.63) is 18.7 Å². The van der Waals surface area contributed by atoms with E-state index in [-0.39, 0.29) is 17.0 Å². The molecule has 0 radical (unpaired) electrons. The third-order valence-corrected chi connectivity index (χ3v) is 2.18. The Morgan fingerprint density at radius 2 is 1.93 bits per heavy atom. The van der Waals surface area contributed by atoms with E-state index in [2.05, 4.69) is 24.6 Å². The zero-order valence-corrected chi connectivity index (χ0v) is 11.2. The van der Waals surface area contributed by atoms with E-state index in [0.29, 0.717) is 0 Å². The molecule has 3 nitrogen and oxygen atoms in total. The molecular formula is C11H21BrN2O. The van der Waals surface area contributed by atoms with Crippen LogP contribution in [0.5, 0.6) is 0 Å². The van der Waals surface area contributed by atoms with Crippen LogP contribution in [0, 0.1) is 0 Å². The first kappa shape index (κ1) is 14.5. The molecule has 0 bridgehead atoms. The number of aromatic nitrogens is 2. The van der Waals surface area contributed by atoms with Gasteiger partial charge >= 0.3 is 0 Å². The summed E-state index contributed by atoms with van der Waals surface area (Å²) in [5.74, 6) is 0. The van der Waals surface area contributed by atoms with Gasteiger partial charge in [0.2, 0.25) is 0 Å². The highest BCUT2D eigenvalue weighted by Crippen LogP contribution is 1.89. The summed E-state index contributed by atoms with van der Waals surface area (Å²) in [6, 6.07) is 0. The van der Waals surface area contributed by atoms with Crippen LogP contribution in [-0.4, -0.2) is 11.3 Å². The van der Waals surface area contributed by atoms with E-state index in [9.17, 15) is 0 Å². The number of unbranched alkanes of at least 4 members (excludes halogenated alkanes) is 2. The third kappa shape index (κ3) is 5.82. The normalized spacial score (nSPS) is 9.73. The van der Waals surface area contributed by atoms with Gasteiger partial charge in [0.15, 0.2) is 6.20 Å². The minimum Gasteiger partial charge on any atom is -1.00 e. The van der Waals surface area contributed by atoms with Gasteiger partial charge in [0.05, 0.1) is 6.54 Å². The van der Waals surface area contributed by atoms with Crippen molar-refractivity contribution < 1.29 is 26.4 Å². The van der Waals surface area contributed by atoms with E-state index >= 15 is 0 Å². The fourth-order valence-corrected chi connectivity index (χ4v) is 1.24. The number of imidazole rings is 1. The van der Waals surface area contributed by atoms with Crippen molar-refractivity contribution in [3.8, 4) is 0 Å². The Morgan fingerprint density at radius 3 is 2.60 bits per heavy atom. The second-order valence-electron chi connectivity index (χ2n) is 3.55. The first-order valence-electron chi connectivity index (χ1n) is 5.57. The Labute approximate surface area is 103 Å². The van der Waals surface area contributed by atoms with Crippen LogP contribution in [-0.2, 0) is 6.54 Å². The molecule has 0 saturated carbocycles. The van der Waals surface area contributed by atoms with Gasteiger partial charge in [0, 0.05) is 0 Å². The van der Waals surface area contributed by atoms with Crippen LogP contribution < -0.4 is 26.4 Å². The topological polar surface area (TPSA) is 18.0 Å². The number of hydrogen-bond acceptors (Lipinski definition) is 1. The van der Waals surface area contributed by atoms with Gasteiger partial charge in [-0.2, -0.15) is 0 Å². The van der Waals surface area contributed by atoms with E-state index in [1.54, 1.807) is 4.73 Å². The molecule has 0 atom stereocenters. The zero-order chi connectivity index (χ0) is 10.2. The monoisotopic (exact) mass is 276 g/mol. The number of rotatable bonds is 7. The minimum atomic E-state index is 0. The van der Waals surface area contributed by atoms with Crippen LogP contribution in [0.15, 0.2) is 18.7 Å². The standard InChI is InChI=1S/C11H21N2O.BrH/c1-3-5-7-12-8-9-13(11-12)14-10-6-4-2;/h8-9,11H,3-7,10H2,1-2H3;1H/q+1;/p-1. The number of aryl methyl sites for hydroxylation is 1. The Bertz CT molecular complexity index is 250. The maximum atomic E-state index is 5.50. The van der Waals surface area contributed by atoms with Gasteiger partial charge in [-0.3, -0.25) is 0 Å². The zero-order valence-electron chi connectivity index (χ0n) is 9.66. The molecule has 0 aromatic carbocycles. The molecule has 1 aromatic heterocycles. The van der Waals surface area contributed by atoms with Crippen molar-refractivity contribution in [2.75, 3.05) is 6.61 Å². The summed E-state index contributed by atoms with van der Waals surface area (Å²) in [7, 11) is 0. The van der Waals surface area contributed by atoms with Crippen LogP contribution >= 0.6 is 0 Å². The molecule has 88 valence electrons. The molecule has 0 N–H and O–H groups in total. The molecule has 0 aliphatic rings. The van der Waals surface area contributed by atoms with E-state index < -0.39 is 0 Å². The summed E-state index contributed by atoms with van der Waals surface area (Å²) in [4.78, 5) is 5.50. The molecule has 1 heterocycles. The minimum absolute atomic E-state index is 0. The molecule has 1 aromatic rings. The van der Waals surface area contributed by atoms with Crippen molar-refractivity contribution in [1.29, 1.82) is 0 Å². The smallest absolute Gasteiger partial charge is 0.284 e. The van der Waals surface area contributed by atoms with Crippen molar-refractivity contribution in [2.45, 2.75) is 46.1 Å². The Kier molecular flexibility index (Phi) is 8.47. The lowest BCUT2D eigenvalue weighted by Crippen LogP contribution is -3.00.